The van der Waals surface area contributed by atoms with Gasteiger partial charge in [-0.2, -0.15) is 0 Å². The van der Waals surface area contributed by atoms with Gasteiger partial charge in [-0.15, -0.1) is 0 Å². The molecule has 112 valence electrons. The van der Waals surface area contributed by atoms with Gasteiger partial charge >= 0.3 is 0 Å². The topological polar surface area (TPSA) is 64.4 Å². The highest BCUT2D eigenvalue weighted by atomic mass is 16.6. The van der Waals surface area contributed by atoms with E-state index in [4.69, 9.17) is 4.74 Å². The molecule has 1 aromatic carbocycles. The molecule has 0 amide bonds. The maximum Gasteiger partial charge on any atom is 0.273 e. The van der Waals surface area contributed by atoms with Gasteiger partial charge in [0, 0.05) is 12.1 Å². The van der Waals surface area contributed by atoms with Gasteiger partial charge in [0.25, 0.3) is 5.69 Å². The lowest BCUT2D eigenvalue weighted by Gasteiger charge is -2.18. The zero-order valence-corrected chi connectivity index (χ0v) is 12.7. The quantitative estimate of drug-likeness (QED) is 0.587. The van der Waals surface area contributed by atoms with Crippen molar-refractivity contribution in [2.75, 3.05) is 14.2 Å². The van der Waals surface area contributed by atoms with Crippen molar-refractivity contribution < 1.29 is 9.66 Å². The summed E-state index contributed by atoms with van der Waals surface area (Å²) in [5.41, 5.74) is 1.03. The summed E-state index contributed by atoms with van der Waals surface area (Å²) in [4.78, 5) is 10.5. The Morgan fingerprint density at radius 1 is 1.35 bits per heavy atom. The lowest BCUT2D eigenvalue weighted by Crippen LogP contribution is -2.27. The van der Waals surface area contributed by atoms with Crippen LogP contribution in [-0.2, 0) is 6.42 Å². The number of nitro benzene ring substituents is 1. The van der Waals surface area contributed by atoms with Crippen molar-refractivity contribution in [2.24, 2.45) is 5.92 Å². The van der Waals surface area contributed by atoms with E-state index in [0.717, 1.165) is 24.8 Å². The fourth-order valence-electron chi connectivity index (χ4n) is 2.30. The van der Waals surface area contributed by atoms with E-state index in [1.54, 1.807) is 6.07 Å². The van der Waals surface area contributed by atoms with Crippen LogP contribution < -0.4 is 10.1 Å². The van der Waals surface area contributed by atoms with E-state index in [1.165, 1.54) is 13.2 Å². The van der Waals surface area contributed by atoms with Crippen molar-refractivity contribution >= 4 is 5.69 Å². The third-order valence-electron chi connectivity index (χ3n) is 3.34. The van der Waals surface area contributed by atoms with E-state index in [1.807, 2.05) is 13.1 Å². The lowest BCUT2D eigenvalue weighted by atomic mass is 9.97. The summed E-state index contributed by atoms with van der Waals surface area (Å²) in [5.74, 6) is 1.17. The number of non-ortho nitro benzene ring substituents is 1. The molecular formula is C15H24N2O3. The first-order valence-electron chi connectivity index (χ1n) is 6.95. The summed E-state index contributed by atoms with van der Waals surface area (Å²) in [6, 6.07) is 5.38. The van der Waals surface area contributed by atoms with Crippen LogP contribution in [0.3, 0.4) is 0 Å². The number of nitro groups is 1. The number of ether oxygens (including phenoxy) is 1. The van der Waals surface area contributed by atoms with Crippen LogP contribution in [0.2, 0.25) is 0 Å². The van der Waals surface area contributed by atoms with Gasteiger partial charge in [-0.1, -0.05) is 13.8 Å². The summed E-state index contributed by atoms with van der Waals surface area (Å²) >= 11 is 0. The zero-order valence-electron chi connectivity index (χ0n) is 12.7. The zero-order chi connectivity index (χ0) is 15.1. The molecule has 0 spiro atoms. The van der Waals surface area contributed by atoms with E-state index < -0.39 is 0 Å². The minimum Gasteiger partial charge on any atom is -0.496 e. The molecule has 5 nitrogen and oxygen atoms in total. The Hall–Kier alpha value is -1.62. The second kappa shape index (κ2) is 7.85. The highest BCUT2D eigenvalue weighted by Gasteiger charge is 2.13. The van der Waals surface area contributed by atoms with E-state index >= 15 is 0 Å². The van der Waals surface area contributed by atoms with Gasteiger partial charge in [0.2, 0.25) is 0 Å². The van der Waals surface area contributed by atoms with Crippen LogP contribution >= 0.6 is 0 Å². The van der Waals surface area contributed by atoms with Crippen LogP contribution in [0.5, 0.6) is 5.75 Å². The van der Waals surface area contributed by atoms with Gasteiger partial charge < -0.3 is 10.1 Å². The predicted molar refractivity (Wildman–Crippen MR) is 80.3 cm³/mol. The minimum atomic E-state index is -0.379. The molecule has 20 heavy (non-hydrogen) atoms. The summed E-state index contributed by atoms with van der Waals surface area (Å²) in [6.07, 6.45) is 2.86. The number of hydrogen-bond donors (Lipinski definition) is 1. The molecule has 0 aliphatic heterocycles. The smallest absolute Gasteiger partial charge is 0.273 e. The van der Waals surface area contributed by atoms with Crippen LogP contribution in [0.15, 0.2) is 18.2 Å². The monoisotopic (exact) mass is 280 g/mol. The van der Waals surface area contributed by atoms with E-state index in [2.05, 4.69) is 19.2 Å². The number of aryl methyl sites for hydroxylation is 1. The molecule has 0 heterocycles. The van der Waals surface area contributed by atoms with Crippen molar-refractivity contribution in [2.45, 2.75) is 39.2 Å². The van der Waals surface area contributed by atoms with Crippen LogP contribution in [0, 0.1) is 16.0 Å². The highest BCUT2D eigenvalue weighted by molar-refractivity contribution is 5.42. The first kappa shape index (κ1) is 16.4. The fourth-order valence-corrected chi connectivity index (χ4v) is 2.30. The molecular weight excluding hydrogens is 256 g/mol. The molecule has 1 atom stereocenters. The van der Waals surface area contributed by atoms with Crippen molar-refractivity contribution in [1.82, 2.24) is 5.32 Å². The SMILES string of the molecule is CNC(CCc1cc(OC)cc([N+](=O)[O-])c1)CC(C)C. The number of nitrogens with zero attached hydrogens (tertiary/aromatic N) is 1. The van der Waals surface area contributed by atoms with E-state index in [0.29, 0.717) is 17.7 Å². The number of hydrogen-bond acceptors (Lipinski definition) is 4. The van der Waals surface area contributed by atoms with Crippen LogP contribution in [0.25, 0.3) is 0 Å². The Kier molecular flexibility index (Phi) is 6.45. The molecule has 0 aliphatic carbocycles. The molecule has 0 fully saturated rings. The Bertz CT molecular complexity index is 447. The third kappa shape index (κ3) is 5.17. The third-order valence-corrected chi connectivity index (χ3v) is 3.34. The Morgan fingerprint density at radius 2 is 2.05 bits per heavy atom. The minimum absolute atomic E-state index is 0.0872. The van der Waals surface area contributed by atoms with E-state index in [-0.39, 0.29) is 10.6 Å². The lowest BCUT2D eigenvalue weighted by molar-refractivity contribution is -0.385. The molecule has 0 aromatic heterocycles. The number of rotatable bonds is 8. The Labute approximate surface area is 120 Å². The van der Waals surface area contributed by atoms with Gasteiger partial charge in [0.05, 0.1) is 18.1 Å². The molecule has 0 radical (unpaired) electrons. The molecule has 1 rings (SSSR count). The molecule has 0 aliphatic rings. The normalized spacial score (nSPS) is 12.4. The molecule has 1 N–H and O–H groups in total. The van der Waals surface area contributed by atoms with Gasteiger partial charge in [0.15, 0.2) is 0 Å². The second-order valence-corrected chi connectivity index (χ2v) is 5.45. The Morgan fingerprint density at radius 3 is 2.55 bits per heavy atom. The second-order valence-electron chi connectivity index (χ2n) is 5.45. The van der Waals surface area contributed by atoms with Crippen molar-refractivity contribution in [3.8, 4) is 5.75 Å². The average Bonchev–Trinajstić information content (AvgIpc) is 2.42. The maximum absolute atomic E-state index is 10.9. The summed E-state index contributed by atoms with van der Waals surface area (Å²) in [7, 11) is 3.49. The molecule has 0 saturated carbocycles. The number of benzene rings is 1. The fraction of sp³-hybridized carbons (Fsp3) is 0.600. The molecule has 0 bridgehead atoms. The van der Waals surface area contributed by atoms with Crippen molar-refractivity contribution in [3.05, 3.63) is 33.9 Å². The van der Waals surface area contributed by atoms with Crippen LogP contribution in [-0.4, -0.2) is 25.1 Å². The standard InChI is InChI=1S/C15H24N2O3/c1-11(2)7-13(16-3)6-5-12-8-14(17(18)19)10-15(9-12)20-4/h8-11,13,16H,5-7H2,1-4H3. The van der Waals surface area contributed by atoms with Gasteiger partial charge in [-0.05, 0) is 43.9 Å². The van der Waals surface area contributed by atoms with Crippen molar-refractivity contribution in [3.63, 3.8) is 0 Å². The first-order chi connectivity index (χ1) is 9.46. The molecule has 1 unspecified atom stereocenters. The number of methoxy groups -OCH3 is 1. The molecule has 1 aromatic rings. The number of nitrogens with one attached hydrogen (secondary N) is 1. The molecule has 0 saturated heterocycles. The van der Waals surface area contributed by atoms with Gasteiger partial charge in [-0.3, -0.25) is 10.1 Å². The molecule has 5 heteroatoms. The summed E-state index contributed by atoms with van der Waals surface area (Å²) in [6.45, 7) is 4.39. The largest absolute Gasteiger partial charge is 0.496 e. The Balaban J connectivity index is 2.75. The van der Waals surface area contributed by atoms with E-state index in [9.17, 15) is 10.1 Å². The average molecular weight is 280 g/mol. The first-order valence-corrected chi connectivity index (χ1v) is 6.95. The van der Waals surface area contributed by atoms with Crippen LogP contribution in [0.1, 0.15) is 32.3 Å². The van der Waals surface area contributed by atoms with Gasteiger partial charge in [-0.25, -0.2) is 0 Å². The highest BCUT2D eigenvalue weighted by Crippen LogP contribution is 2.24. The predicted octanol–water partition coefficient (Wildman–Crippen LogP) is 3.17. The van der Waals surface area contributed by atoms with Gasteiger partial charge in [0.1, 0.15) is 5.75 Å². The maximum atomic E-state index is 10.9. The summed E-state index contributed by atoms with van der Waals surface area (Å²) < 4.78 is 5.12. The summed E-state index contributed by atoms with van der Waals surface area (Å²) in [5, 5.41) is 14.2. The van der Waals surface area contributed by atoms with Crippen molar-refractivity contribution in [1.29, 1.82) is 0 Å². The van der Waals surface area contributed by atoms with Crippen LogP contribution in [0.4, 0.5) is 5.69 Å².